The van der Waals surface area contributed by atoms with Gasteiger partial charge in [-0.1, -0.05) is 54.6 Å². The van der Waals surface area contributed by atoms with E-state index in [1.54, 1.807) is 12.3 Å². The lowest BCUT2D eigenvalue weighted by Crippen LogP contribution is -2.14. The minimum absolute atomic E-state index is 0.368. The molecule has 0 saturated carbocycles. The highest BCUT2D eigenvalue weighted by Gasteiger charge is 2.20. The van der Waals surface area contributed by atoms with Gasteiger partial charge in [0.1, 0.15) is 5.76 Å². The van der Waals surface area contributed by atoms with E-state index in [0.29, 0.717) is 31.2 Å². The minimum atomic E-state index is -0.852. The molecule has 2 aromatic carbocycles. The number of carboxylic acids is 1. The van der Waals surface area contributed by atoms with Gasteiger partial charge in [0.25, 0.3) is 0 Å². The Kier molecular flexibility index (Phi) is 6.60. The molecule has 0 radical (unpaired) electrons. The quantitative estimate of drug-likeness (QED) is 0.400. The fraction of sp³-hybridized carbons (Fsp3) is 0.192. The molecule has 1 atom stereocenters. The van der Waals surface area contributed by atoms with E-state index in [-0.39, 0.29) is 0 Å². The summed E-state index contributed by atoms with van der Waals surface area (Å²) in [5, 5.41) is 9.61. The average Bonchev–Trinajstić information content (AvgIpc) is 3.20. The summed E-state index contributed by atoms with van der Waals surface area (Å²) in [4.78, 5) is 20.6. The number of carbonyl (C=O) groups is 1. The van der Waals surface area contributed by atoms with Crippen molar-refractivity contribution >= 4 is 5.97 Å². The molecule has 2 aromatic heterocycles. The topological polar surface area (TPSA) is 85.5 Å². The maximum Gasteiger partial charge on any atom is 0.311 e. The van der Waals surface area contributed by atoms with Crippen LogP contribution in [-0.4, -0.2) is 27.7 Å². The van der Waals surface area contributed by atoms with Crippen LogP contribution in [0.25, 0.3) is 11.5 Å². The van der Waals surface area contributed by atoms with E-state index in [1.807, 2.05) is 73.7 Å². The van der Waals surface area contributed by atoms with Crippen molar-refractivity contribution in [1.29, 1.82) is 0 Å². The first kappa shape index (κ1) is 21.3. The molecule has 0 bridgehead atoms. The third kappa shape index (κ3) is 5.21. The van der Waals surface area contributed by atoms with Crippen molar-refractivity contribution in [3.63, 3.8) is 0 Å². The summed E-state index contributed by atoms with van der Waals surface area (Å²) in [6.07, 6.45) is 2.64. The van der Waals surface area contributed by atoms with Crippen molar-refractivity contribution in [3.05, 3.63) is 102 Å². The Balaban J connectivity index is 1.34. The molecular weight excluding hydrogens is 404 g/mol. The van der Waals surface area contributed by atoms with Crippen LogP contribution in [0.1, 0.15) is 28.5 Å². The van der Waals surface area contributed by atoms with Gasteiger partial charge in [0.2, 0.25) is 11.8 Å². The summed E-state index contributed by atoms with van der Waals surface area (Å²) >= 11 is 0. The third-order valence-electron chi connectivity index (χ3n) is 5.24. The van der Waals surface area contributed by atoms with Crippen molar-refractivity contribution in [2.45, 2.75) is 25.7 Å². The number of carboxylic acid groups (broad SMARTS) is 1. The molecule has 1 unspecified atom stereocenters. The molecule has 0 aliphatic heterocycles. The molecular formula is C26H24N2O4. The van der Waals surface area contributed by atoms with Gasteiger partial charge in [-0.25, -0.2) is 9.97 Å². The lowest BCUT2D eigenvalue weighted by atomic mass is 9.93. The first-order chi connectivity index (χ1) is 15.6. The number of ether oxygens (including phenoxy) is 1. The Morgan fingerprint density at radius 3 is 2.41 bits per heavy atom. The van der Waals surface area contributed by atoms with Gasteiger partial charge in [-0.3, -0.25) is 4.79 Å². The van der Waals surface area contributed by atoms with E-state index >= 15 is 0 Å². The largest absolute Gasteiger partial charge is 0.481 e. The fourth-order valence-electron chi connectivity index (χ4n) is 3.50. The molecule has 0 amide bonds. The SMILES string of the molecule is Cc1oc(-c2ccccc2)nc1CCOc1ccc(CC(C(=O)O)c2ccccc2)cn1. The number of pyridine rings is 1. The second-order valence-corrected chi connectivity index (χ2v) is 7.50. The van der Waals surface area contributed by atoms with Crippen molar-refractivity contribution in [1.82, 2.24) is 9.97 Å². The number of hydrogen-bond donors (Lipinski definition) is 1. The number of aliphatic carboxylic acids is 1. The molecule has 162 valence electrons. The lowest BCUT2D eigenvalue weighted by Gasteiger charge is -2.13. The molecule has 1 N–H and O–H groups in total. The second-order valence-electron chi connectivity index (χ2n) is 7.50. The molecule has 6 heteroatoms. The van der Waals surface area contributed by atoms with Gasteiger partial charge in [0.15, 0.2) is 0 Å². The maximum absolute atomic E-state index is 11.7. The molecule has 32 heavy (non-hydrogen) atoms. The predicted octanol–water partition coefficient (Wildman–Crippen LogP) is 5.08. The third-order valence-corrected chi connectivity index (χ3v) is 5.24. The zero-order valence-electron chi connectivity index (χ0n) is 17.8. The van der Waals surface area contributed by atoms with E-state index in [4.69, 9.17) is 9.15 Å². The first-order valence-corrected chi connectivity index (χ1v) is 10.5. The monoisotopic (exact) mass is 428 g/mol. The Morgan fingerprint density at radius 1 is 1.03 bits per heavy atom. The number of nitrogens with zero attached hydrogens (tertiary/aromatic N) is 2. The lowest BCUT2D eigenvalue weighted by molar-refractivity contribution is -0.138. The highest BCUT2D eigenvalue weighted by Crippen LogP contribution is 2.23. The molecule has 2 heterocycles. The van der Waals surface area contributed by atoms with Crippen LogP contribution in [0.3, 0.4) is 0 Å². The van der Waals surface area contributed by atoms with E-state index < -0.39 is 11.9 Å². The van der Waals surface area contributed by atoms with Crippen LogP contribution in [-0.2, 0) is 17.6 Å². The van der Waals surface area contributed by atoms with E-state index in [9.17, 15) is 9.90 Å². The van der Waals surface area contributed by atoms with E-state index in [0.717, 1.165) is 28.1 Å². The van der Waals surface area contributed by atoms with Crippen LogP contribution in [0, 0.1) is 6.92 Å². The number of benzene rings is 2. The van der Waals surface area contributed by atoms with Crippen LogP contribution in [0.2, 0.25) is 0 Å². The van der Waals surface area contributed by atoms with Gasteiger partial charge in [-0.05, 0) is 36.6 Å². The zero-order chi connectivity index (χ0) is 22.3. The van der Waals surface area contributed by atoms with Crippen molar-refractivity contribution < 1.29 is 19.1 Å². The van der Waals surface area contributed by atoms with Crippen LogP contribution in [0.4, 0.5) is 0 Å². The van der Waals surface area contributed by atoms with Crippen LogP contribution in [0.5, 0.6) is 5.88 Å². The van der Waals surface area contributed by atoms with Crippen LogP contribution < -0.4 is 4.74 Å². The van der Waals surface area contributed by atoms with Crippen LogP contribution in [0.15, 0.2) is 83.4 Å². The molecule has 0 aliphatic carbocycles. The Hall–Kier alpha value is -3.93. The molecule has 0 aliphatic rings. The van der Waals surface area contributed by atoms with Gasteiger partial charge in [-0.15, -0.1) is 0 Å². The van der Waals surface area contributed by atoms with Gasteiger partial charge >= 0.3 is 5.97 Å². The zero-order valence-corrected chi connectivity index (χ0v) is 17.8. The van der Waals surface area contributed by atoms with Gasteiger partial charge < -0.3 is 14.3 Å². The highest BCUT2D eigenvalue weighted by molar-refractivity contribution is 5.76. The summed E-state index contributed by atoms with van der Waals surface area (Å²) < 4.78 is 11.5. The summed E-state index contributed by atoms with van der Waals surface area (Å²) in [5.41, 5.74) is 3.41. The number of aryl methyl sites for hydroxylation is 1. The molecule has 4 rings (SSSR count). The summed E-state index contributed by atoms with van der Waals surface area (Å²) in [6.45, 7) is 2.31. The normalized spacial score (nSPS) is 11.8. The summed E-state index contributed by atoms with van der Waals surface area (Å²) in [5.74, 6) is 0.404. The van der Waals surface area contributed by atoms with Gasteiger partial charge in [0.05, 0.1) is 18.2 Å². The number of hydrogen-bond acceptors (Lipinski definition) is 5. The fourth-order valence-corrected chi connectivity index (χ4v) is 3.50. The van der Waals surface area contributed by atoms with Crippen LogP contribution >= 0.6 is 0 Å². The van der Waals surface area contributed by atoms with Crippen molar-refractivity contribution in [2.24, 2.45) is 0 Å². The molecule has 6 nitrogen and oxygen atoms in total. The second kappa shape index (κ2) is 9.92. The predicted molar refractivity (Wildman–Crippen MR) is 121 cm³/mol. The van der Waals surface area contributed by atoms with E-state index in [2.05, 4.69) is 9.97 Å². The van der Waals surface area contributed by atoms with E-state index in [1.165, 1.54) is 0 Å². The standard InChI is InChI=1S/C26H24N2O4/c1-18-23(28-25(32-18)21-10-6-3-7-11-21)14-15-31-24-13-12-19(17-27-24)16-22(26(29)30)20-8-4-2-5-9-20/h2-13,17,22H,14-16H2,1H3,(H,29,30). The number of rotatable bonds is 9. The first-order valence-electron chi connectivity index (χ1n) is 10.5. The number of aromatic nitrogens is 2. The van der Waals surface area contributed by atoms with Gasteiger partial charge in [0, 0.05) is 24.2 Å². The average molecular weight is 428 g/mol. The van der Waals surface area contributed by atoms with Gasteiger partial charge in [-0.2, -0.15) is 0 Å². The summed E-state index contributed by atoms with van der Waals surface area (Å²) in [7, 11) is 0. The smallest absolute Gasteiger partial charge is 0.311 e. The maximum atomic E-state index is 11.7. The molecule has 4 aromatic rings. The van der Waals surface area contributed by atoms with Crippen molar-refractivity contribution in [3.8, 4) is 17.3 Å². The highest BCUT2D eigenvalue weighted by atomic mass is 16.5. The molecule has 0 fully saturated rings. The Morgan fingerprint density at radius 2 is 1.75 bits per heavy atom. The van der Waals surface area contributed by atoms with Crippen molar-refractivity contribution in [2.75, 3.05) is 6.61 Å². The minimum Gasteiger partial charge on any atom is -0.481 e. The molecule has 0 saturated heterocycles. The Bertz CT molecular complexity index is 1160. The number of oxazole rings is 1. The molecule has 0 spiro atoms. The Labute approximate surface area is 186 Å². The summed E-state index contributed by atoms with van der Waals surface area (Å²) in [6, 6.07) is 22.6.